The van der Waals surface area contributed by atoms with Crippen LogP contribution in [-0.4, -0.2) is 38.0 Å². The van der Waals surface area contributed by atoms with Crippen LogP contribution in [0.2, 0.25) is 0 Å². The minimum absolute atomic E-state index is 0.0297. The summed E-state index contributed by atoms with van der Waals surface area (Å²) in [4.78, 5) is 43.3. The molecule has 2 N–H and O–H groups in total. The van der Waals surface area contributed by atoms with Gasteiger partial charge >= 0.3 is 18.1 Å². The predicted molar refractivity (Wildman–Crippen MR) is 163 cm³/mol. The summed E-state index contributed by atoms with van der Waals surface area (Å²) in [5.74, 6) is -6.41. The fraction of sp³-hybridized carbons (Fsp3) is 0.286. The number of halogens is 4. The lowest BCUT2D eigenvalue weighted by Gasteiger charge is -2.44. The van der Waals surface area contributed by atoms with Crippen molar-refractivity contribution in [2.75, 3.05) is 25.2 Å². The number of Topliss-reactive ketones (excluding diaryl/α,β-unsaturated/α-hetero) is 1. The minimum atomic E-state index is -4.72. The Bertz CT molecular complexity index is 1770. The van der Waals surface area contributed by atoms with Gasteiger partial charge in [0, 0.05) is 22.9 Å². The second-order valence-corrected chi connectivity index (χ2v) is 10.9. The van der Waals surface area contributed by atoms with Gasteiger partial charge in [0.25, 0.3) is 0 Å². The molecule has 12 heteroatoms. The first-order valence-corrected chi connectivity index (χ1v) is 14.9. The summed E-state index contributed by atoms with van der Waals surface area (Å²) in [7, 11) is 1.46. The van der Waals surface area contributed by atoms with Crippen LogP contribution in [-0.2, 0) is 30.0 Å². The van der Waals surface area contributed by atoms with E-state index in [2.05, 4.69) is 0 Å². The summed E-state index contributed by atoms with van der Waals surface area (Å²) in [6.07, 6.45) is -4.80. The third-order valence-electron chi connectivity index (χ3n) is 8.23. The third kappa shape index (κ3) is 6.32. The highest BCUT2D eigenvalue weighted by Crippen LogP contribution is 2.52. The number of anilines is 1. The van der Waals surface area contributed by atoms with E-state index in [1.54, 1.807) is 38.1 Å². The number of ether oxygens (including phenoxy) is 3. The second kappa shape index (κ2) is 13.3. The normalized spacial score (nSPS) is 19.8. The average molecular weight is 653 g/mol. The van der Waals surface area contributed by atoms with Gasteiger partial charge in [-0.2, -0.15) is 13.2 Å². The van der Waals surface area contributed by atoms with Crippen LogP contribution >= 0.6 is 0 Å². The molecule has 246 valence electrons. The van der Waals surface area contributed by atoms with E-state index >= 15 is 0 Å². The van der Waals surface area contributed by atoms with Crippen LogP contribution < -0.4 is 15.4 Å². The van der Waals surface area contributed by atoms with Gasteiger partial charge in [0.1, 0.15) is 23.3 Å². The molecule has 1 aliphatic carbocycles. The molecule has 1 heterocycles. The zero-order valence-electron chi connectivity index (χ0n) is 25.8. The summed E-state index contributed by atoms with van der Waals surface area (Å²) in [6.45, 7) is 3.04. The van der Waals surface area contributed by atoms with Gasteiger partial charge in [-0.05, 0) is 73.9 Å². The number of allylic oxidation sites excluding steroid dienone is 2. The molecule has 5 rings (SSSR count). The molecule has 2 aliphatic rings. The summed E-state index contributed by atoms with van der Waals surface area (Å²) >= 11 is 0. The van der Waals surface area contributed by atoms with E-state index in [-0.39, 0.29) is 53.5 Å². The fourth-order valence-electron chi connectivity index (χ4n) is 6.23. The van der Waals surface area contributed by atoms with E-state index in [1.165, 1.54) is 36.3 Å². The Morgan fingerprint density at radius 1 is 0.936 bits per heavy atom. The maximum absolute atomic E-state index is 14.8. The van der Waals surface area contributed by atoms with Crippen LogP contribution in [0.25, 0.3) is 0 Å². The number of hydrogen-bond acceptors (Lipinski definition) is 8. The minimum Gasteiger partial charge on any atom is -0.497 e. The highest BCUT2D eigenvalue weighted by atomic mass is 19.4. The lowest BCUT2D eigenvalue weighted by atomic mass is 9.67. The number of rotatable bonds is 8. The Labute approximate surface area is 268 Å². The lowest BCUT2D eigenvalue weighted by Crippen LogP contribution is -2.46. The van der Waals surface area contributed by atoms with E-state index < -0.39 is 53.0 Å². The summed E-state index contributed by atoms with van der Waals surface area (Å²) < 4.78 is 72.0. The SMILES string of the molecule is CCOC(=O)C1=C(N)N(c2cccc(C(F)(F)F)c2)C2=C(C(=O)C(C(=O)OCC)C(c3cccc(OC)c3)C2)C1c1ccc(F)cc1. The van der Waals surface area contributed by atoms with Crippen LogP contribution in [0.3, 0.4) is 0 Å². The van der Waals surface area contributed by atoms with Crippen molar-refractivity contribution in [2.24, 2.45) is 11.7 Å². The average Bonchev–Trinajstić information content (AvgIpc) is 3.04. The highest BCUT2D eigenvalue weighted by Gasteiger charge is 2.51. The quantitative estimate of drug-likeness (QED) is 0.170. The fourth-order valence-corrected chi connectivity index (χ4v) is 6.23. The monoisotopic (exact) mass is 652 g/mol. The number of esters is 2. The molecule has 0 spiro atoms. The number of nitrogens with zero attached hydrogens (tertiary/aromatic N) is 1. The number of alkyl halides is 3. The second-order valence-electron chi connectivity index (χ2n) is 10.9. The Kier molecular flexibility index (Phi) is 9.41. The van der Waals surface area contributed by atoms with Crippen molar-refractivity contribution in [3.8, 4) is 5.75 Å². The molecule has 3 atom stereocenters. The molecule has 0 saturated carbocycles. The molecule has 0 radical (unpaired) electrons. The number of ketones is 1. The third-order valence-corrected chi connectivity index (χ3v) is 8.23. The van der Waals surface area contributed by atoms with Crippen molar-refractivity contribution in [3.63, 3.8) is 0 Å². The Balaban J connectivity index is 1.84. The van der Waals surface area contributed by atoms with Crippen molar-refractivity contribution in [1.29, 1.82) is 0 Å². The van der Waals surface area contributed by atoms with E-state index in [4.69, 9.17) is 19.9 Å². The van der Waals surface area contributed by atoms with Gasteiger partial charge in [0.2, 0.25) is 0 Å². The standard InChI is InChI=1S/C35H32F4N2O6/c1-4-46-33(43)28-25(20-8-6-11-24(16-20)45-3)18-26-29(31(28)42)27(19-12-14-22(36)15-13-19)30(34(44)47-5-2)32(40)41(26)23-10-7-9-21(17-23)35(37,38)39/h6-17,25,27-28H,4-5,18,40H2,1-3H3. The number of methoxy groups -OCH3 is 1. The Morgan fingerprint density at radius 2 is 1.62 bits per heavy atom. The van der Waals surface area contributed by atoms with Crippen LogP contribution in [0.1, 0.15) is 48.8 Å². The van der Waals surface area contributed by atoms with Gasteiger partial charge in [0.05, 0.1) is 37.4 Å². The molecular formula is C35H32F4N2O6. The maximum atomic E-state index is 14.8. The summed E-state index contributed by atoms with van der Waals surface area (Å²) in [6, 6.07) is 16.1. The van der Waals surface area contributed by atoms with E-state index in [1.807, 2.05) is 0 Å². The predicted octanol–water partition coefficient (Wildman–Crippen LogP) is 6.38. The van der Waals surface area contributed by atoms with E-state index in [9.17, 15) is 31.9 Å². The topological polar surface area (TPSA) is 108 Å². The van der Waals surface area contributed by atoms with Crippen molar-refractivity contribution in [2.45, 2.75) is 38.3 Å². The van der Waals surface area contributed by atoms with E-state index in [0.29, 0.717) is 11.3 Å². The molecule has 0 fully saturated rings. The molecule has 0 bridgehead atoms. The molecule has 3 unspecified atom stereocenters. The van der Waals surface area contributed by atoms with Crippen LogP contribution in [0.5, 0.6) is 5.75 Å². The van der Waals surface area contributed by atoms with Crippen molar-refractivity contribution < 1.29 is 46.2 Å². The van der Waals surface area contributed by atoms with Gasteiger partial charge < -0.3 is 19.9 Å². The summed E-state index contributed by atoms with van der Waals surface area (Å²) in [5, 5.41) is 0. The van der Waals surface area contributed by atoms with E-state index in [0.717, 1.165) is 24.3 Å². The first-order valence-electron chi connectivity index (χ1n) is 14.9. The zero-order valence-corrected chi connectivity index (χ0v) is 25.8. The van der Waals surface area contributed by atoms with Gasteiger partial charge in [-0.25, -0.2) is 9.18 Å². The molecule has 0 aromatic heterocycles. The first kappa shape index (κ1) is 33.2. The Hall–Kier alpha value is -5.13. The maximum Gasteiger partial charge on any atom is 0.416 e. The van der Waals surface area contributed by atoms with Crippen molar-refractivity contribution in [3.05, 3.63) is 118 Å². The molecule has 1 aliphatic heterocycles. The number of benzene rings is 3. The van der Waals surface area contributed by atoms with Crippen molar-refractivity contribution >= 4 is 23.4 Å². The van der Waals surface area contributed by atoms with Crippen LogP contribution in [0.15, 0.2) is 95.5 Å². The molecule has 47 heavy (non-hydrogen) atoms. The van der Waals surface area contributed by atoms with Crippen LogP contribution in [0.4, 0.5) is 23.2 Å². The highest BCUT2D eigenvalue weighted by molar-refractivity contribution is 6.14. The number of carbonyl (C=O) groups is 3. The molecule has 3 aromatic rings. The van der Waals surface area contributed by atoms with Gasteiger partial charge in [0.15, 0.2) is 5.78 Å². The molecule has 0 amide bonds. The lowest BCUT2D eigenvalue weighted by molar-refractivity contribution is -0.152. The summed E-state index contributed by atoms with van der Waals surface area (Å²) in [5.41, 5.74) is 6.33. The molecular weight excluding hydrogens is 620 g/mol. The van der Waals surface area contributed by atoms with Gasteiger partial charge in [-0.15, -0.1) is 0 Å². The van der Waals surface area contributed by atoms with Gasteiger partial charge in [-0.1, -0.05) is 30.3 Å². The molecule has 0 saturated heterocycles. The number of carbonyl (C=O) groups excluding carboxylic acids is 3. The molecule has 3 aromatic carbocycles. The molecule has 8 nitrogen and oxygen atoms in total. The van der Waals surface area contributed by atoms with Crippen LogP contribution in [0, 0.1) is 11.7 Å². The zero-order chi connectivity index (χ0) is 34.0. The largest absolute Gasteiger partial charge is 0.497 e. The first-order chi connectivity index (χ1) is 22.4. The Morgan fingerprint density at radius 3 is 2.26 bits per heavy atom. The van der Waals surface area contributed by atoms with Crippen molar-refractivity contribution in [1.82, 2.24) is 0 Å². The number of nitrogens with two attached hydrogens (primary N) is 1. The smallest absolute Gasteiger partial charge is 0.416 e. The van der Waals surface area contributed by atoms with Gasteiger partial charge in [-0.3, -0.25) is 14.5 Å². The number of hydrogen-bond donors (Lipinski definition) is 1.